The molecule has 1 aromatic heterocycles. The average Bonchev–Trinajstić information content (AvgIpc) is 3.35. The number of hydrogen-bond acceptors (Lipinski definition) is 8. The predicted molar refractivity (Wildman–Crippen MR) is 171 cm³/mol. The number of rotatable bonds is 24. The van der Waals surface area contributed by atoms with Crippen LogP contribution in [0.25, 0.3) is 0 Å². The summed E-state index contributed by atoms with van der Waals surface area (Å²) in [5, 5.41) is 15.5. The summed E-state index contributed by atoms with van der Waals surface area (Å²) in [5.74, 6) is 0.108. The van der Waals surface area contributed by atoms with Crippen molar-refractivity contribution in [3.63, 3.8) is 0 Å². The Morgan fingerprint density at radius 3 is 2.31 bits per heavy atom. The van der Waals surface area contributed by atoms with E-state index in [9.17, 15) is 14.8 Å². The molecule has 4 unspecified atom stereocenters. The number of hydrogen-bond donors (Lipinski definition) is 5. The SMILES string of the molecule is CC/C=C(\N)NC(=NC)c1ncn(C(C)OC(CC)COP(O)NC(CCCCCCCCCCCC)C(=O)O)c1C. The molecule has 6 N–H and O–H groups in total. The Bertz CT molecular complexity index is 941. The van der Waals surface area contributed by atoms with Gasteiger partial charge in [-0.15, -0.1) is 0 Å². The van der Waals surface area contributed by atoms with Crippen molar-refractivity contribution in [1.82, 2.24) is 20.0 Å². The minimum absolute atomic E-state index is 0.128. The van der Waals surface area contributed by atoms with Gasteiger partial charge in [-0.2, -0.15) is 0 Å². The van der Waals surface area contributed by atoms with E-state index in [4.69, 9.17) is 15.0 Å². The minimum atomic E-state index is -2.10. The topological polar surface area (TPSA) is 156 Å². The number of imidazole rings is 1. The molecule has 0 amide bonds. The number of aliphatic imine (C=N–C) groups is 1. The van der Waals surface area contributed by atoms with Gasteiger partial charge in [0.15, 0.2) is 5.84 Å². The second-order valence-corrected chi connectivity index (χ2v) is 11.7. The molecule has 42 heavy (non-hydrogen) atoms. The van der Waals surface area contributed by atoms with Crippen LogP contribution in [0.5, 0.6) is 0 Å². The molecule has 1 rings (SSSR count). The van der Waals surface area contributed by atoms with Crippen molar-refractivity contribution in [2.24, 2.45) is 10.7 Å². The van der Waals surface area contributed by atoms with Gasteiger partial charge in [-0.1, -0.05) is 85.0 Å². The van der Waals surface area contributed by atoms with Crippen molar-refractivity contribution in [2.45, 2.75) is 136 Å². The molecule has 0 spiro atoms. The zero-order valence-electron chi connectivity index (χ0n) is 26.8. The van der Waals surface area contributed by atoms with Crippen LogP contribution in [0.3, 0.4) is 0 Å². The van der Waals surface area contributed by atoms with E-state index < -0.39 is 20.5 Å². The first kappa shape index (κ1) is 38.0. The van der Waals surface area contributed by atoms with Gasteiger partial charge in [-0.3, -0.25) is 9.79 Å². The number of carbonyl (C=O) groups is 1. The maximum atomic E-state index is 11.7. The number of carboxylic acids is 1. The largest absolute Gasteiger partial charge is 0.480 e. The van der Waals surface area contributed by atoms with Gasteiger partial charge in [0.1, 0.15) is 18.0 Å². The molecule has 0 radical (unpaired) electrons. The average molecular weight is 613 g/mol. The zero-order chi connectivity index (χ0) is 31.3. The predicted octanol–water partition coefficient (Wildman–Crippen LogP) is 6.27. The first-order valence-corrected chi connectivity index (χ1v) is 16.9. The Kier molecular flexibility index (Phi) is 20.3. The highest BCUT2D eigenvalue weighted by molar-refractivity contribution is 7.43. The molecular weight excluding hydrogens is 555 g/mol. The van der Waals surface area contributed by atoms with Gasteiger partial charge in [0.25, 0.3) is 8.53 Å². The molecule has 0 bridgehead atoms. The second-order valence-electron chi connectivity index (χ2n) is 10.7. The maximum Gasteiger partial charge on any atom is 0.321 e. The van der Waals surface area contributed by atoms with Crippen LogP contribution < -0.4 is 16.1 Å². The molecule has 242 valence electrons. The number of aliphatic carboxylic acids is 1. The van der Waals surface area contributed by atoms with E-state index in [2.05, 4.69) is 27.3 Å². The number of allylic oxidation sites excluding steroid dienone is 1. The smallest absolute Gasteiger partial charge is 0.321 e. The Morgan fingerprint density at radius 2 is 1.76 bits per heavy atom. The quantitative estimate of drug-likeness (QED) is 0.0393. The Balaban J connectivity index is 2.51. The lowest BCUT2D eigenvalue weighted by atomic mass is 10.0. The first-order valence-electron chi connectivity index (χ1n) is 15.7. The number of ether oxygens (including phenoxy) is 1. The lowest BCUT2D eigenvalue weighted by Gasteiger charge is -2.25. The highest BCUT2D eigenvalue weighted by Crippen LogP contribution is 2.29. The van der Waals surface area contributed by atoms with Crippen LogP contribution in [0.4, 0.5) is 0 Å². The third kappa shape index (κ3) is 14.9. The van der Waals surface area contributed by atoms with Gasteiger partial charge in [-0.05, 0) is 39.2 Å². The van der Waals surface area contributed by atoms with Gasteiger partial charge < -0.3 is 34.9 Å². The summed E-state index contributed by atoms with van der Waals surface area (Å²) in [7, 11) is -0.425. The van der Waals surface area contributed by atoms with Crippen molar-refractivity contribution in [2.75, 3.05) is 13.7 Å². The second kappa shape index (κ2) is 22.5. The lowest BCUT2D eigenvalue weighted by molar-refractivity contribution is -0.139. The van der Waals surface area contributed by atoms with Gasteiger partial charge in [-0.25, -0.2) is 10.1 Å². The normalized spacial score (nSPS) is 15.4. The molecule has 12 heteroatoms. The molecule has 0 aliphatic carbocycles. The summed E-state index contributed by atoms with van der Waals surface area (Å²) in [6.07, 6.45) is 16.7. The van der Waals surface area contributed by atoms with Crippen LogP contribution >= 0.6 is 8.53 Å². The molecule has 11 nitrogen and oxygen atoms in total. The van der Waals surface area contributed by atoms with Crippen LogP contribution in [-0.4, -0.2) is 57.2 Å². The molecule has 1 heterocycles. The fourth-order valence-electron chi connectivity index (χ4n) is 4.65. The molecule has 4 atom stereocenters. The van der Waals surface area contributed by atoms with Crippen LogP contribution in [0.15, 0.2) is 23.2 Å². The molecule has 0 saturated heterocycles. The highest BCUT2D eigenvalue weighted by atomic mass is 31.2. The fraction of sp³-hybridized carbons (Fsp3) is 0.767. The minimum Gasteiger partial charge on any atom is -0.480 e. The summed E-state index contributed by atoms with van der Waals surface area (Å²) in [6.45, 7) is 10.2. The van der Waals surface area contributed by atoms with Crippen molar-refractivity contribution in [3.05, 3.63) is 29.6 Å². The van der Waals surface area contributed by atoms with Gasteiger partial charge in [0, 0.05) is 12.7 Å². The maximum absolute atomic E-state index is 11.7. The molecule has 1 aromatic rings. The monoisotopic (exact) mass is 612 g/mol. The van der Waals surface area contributed by atoms with E-state index >= 15 is 0 Å². The van der Waals surface area contributed by atoms with Crippen LogP contribution in [0.1, 0.15) is 129 Å². The molecular formula is C30H57N6O5P. The number of nitrogens with zero attached hydrogens (tertiary/aromatic N) is 3. The molecule has 0 fully saturated rings. The van der Waals surface area contributed by atoms with Crippen LogP contribution in [0.2, 0.25) is 0 Å². The Labute approximate surface area is 254 Å². The van der Waals surface area contributed by atoms with Gasteiger partial charge in [0.05, 0.1) is 24.9 Å². The van der Waals surface area contributed by atoms with Crippen molar-refractivity contribution in [3.8, 4) is 0 Å². The van der Waals surface area contributed by atoms with Crippen molar-refractivity contribution < 1.29 is 24.1 Å². The summed E-state index contributed by atoms with van der Waals surface area (Å²) >= 11 is 0. The zero-order valence-corrected chi connectivity index (χ0v) is 27.7. The van der Waals surface area contributed by atoms with Crippen LogP contribution in [0, 0.1) is 6.92 Å². The standard InChI is InChI=1S/C30H57N6O5P/c1-7-10-11-12-13-14-15-16-17-18-20-26(30(37)38)35-42(39)40-21-25(9-3)41-24(5)36-22-33-28(23(36)4)29(32-6)34-27(31)19-8-2/h19,22,24-26,35,39H,7-18,20-21,31H2,1-6H3,(H,32,34)(H,37,38)/b27-19+. The van der Waals surface area contributed by atoms with Crippen molar-refractivity contribution >= 4 is 20.3 Å². The third-order valence-corrected chi connectivity index (χ3v) is 8.13. The number of nitrogens with two attached hydrogens (primary N) is 1. The summed E-state index contributed by atoms with van der Waals surface area (Å²) in [4.78, 5) is 31.0. The number of amidine groups is 1. The molecule has 0 aliphatic rings. The van der Waals surface area contributed by atoms with E-state index in [1.54, 1.807) is 13.4 Å². The lowest BCUT2D eigenvalue weighted by Crippen LogP contribution is -2.34. The Hall–Kier alpha value is -2.04. The fourth-order valence-corrected chi connectivity index (χ4v) is 5.54. The highest BCUT2D eigenvalue weighted by Gasteiger charge is 2.23. The number of nitrogens with one attached hydrogen (secondary N) is 2. The summed E-state index contributed by atoms with van der Waals surface area (Å²) in [6, 6.07) is -0.841. The first-order chi connectivity index (χ1) is 20.2. The van der Waals surface area contributed by atoms with Crippen LogP contribution in [-0.2, 0) is 14.1 Å². The summed E-state index contributed by atoms with van der Waals surface area (Å²) < 4.78 is 13.7. The number of aromatic nitrogens is 2. The van der Waals surface area contributed by atoms with E-state index in [0.717, 1.165) is 31.4 Å². The van der Waals surface area contributed by atoms with E-state index in [0.29, 0.717) is 30.2 Å². The molecule has 0 saturated carbocycles. The Morgan fingerprint density at radius 1 is 1.14 bits per heavy atom. The van der Waals surface area contributed by atoms with E-state index in [1.807, 2.05) is 38.3 Å². The van der Waals surface area contributed by atoms with E-state index in [1.165, 1.54) is 44.9 Å². The number of unbranched alkanes of at least 4 members (excludes halogenated alkanes) is 9. The van der Waals surface area contributed by atoms with E-state index in [-0.39, 0.29) is 18.9 Å². The molecule has 0 aliphatic heterocycles. The third-order valence-electron chi connectivity index (χ3n) is 7.21. The van der Waals surface area contributed by atoms with Gasteiger partial charge in [0.2, 0.25) is 0 Å². The van der Waals surface area contributed by atoms with Gasteiger partial charge >= 0.3 is 5.97 Å². The summed E-state index contributed by atoms with van der Waals surface area (Å²) in [5.41, 5.74) is 7.54. The molecule has 0 aromatic carbocycles. The number of carboxylic acid groups (broad SMARTS) is 1. The van der Waals surface area contributed by atoms with Crippen molar-refractivity contribution in [1.29, 1.82) is 0 Å².